The minimum Gasteiger partial charge on any atom is -0.333 e. The first-order valence-corrected chi connectivity index (χ1v) is 8.84. The van der Waals surface area contributed by atoms with Crippen LogP contribution in [-0.2, 0) is 19.1 Å². The van der Waals surface area contributed by atoms with Gasteiger partial charge in [-0.2, -0.15) is 13.2 Å². The van der Waals surface area contributed by atoms with Crippen LogP contribution in [0, 0.1) is 0 Å². The van der Waals surface area contributed by atoms with Crippen LogP contribution in [0.15, 0.2) is 79.0 Å². The lowest BCUT2D eigenvalue weighted by molar-refractivity contribution is -0.137. The molecule has 0 saturated heterocycles. The van der Waals surface area contributed by atoms with Crippen LogP contribution in [0.3, 0.4) is 0 Å². The van der Waals surface area contributed by atoms with E-state index >= 15 is 0 Å². The van der Waals surface area contributed by atoms with Crippen LogP contribution in [0.5, 0.6) is 0 Å². The molecule has 1 aromatic heterocycles. The highest BCUT2D eigenvalue weighted by molar-refractivity contribution is 5.92. The Morgan fingerprint density at radius 2 is 1.50 bits per heavy atom. The molecule has 1 aliphatic rings. The Morgan fingerprint density at radius 1 is 0.857 bits per heavy atom. The highest BCUT2D eigenvalue weighted by Crippen LogP contribution is 2.28. The van der Waals surface area contributed by atoms with E-state index in [1.54, 1.807) is 18.3 Å². The molecule has 6 heteroatoms. The lowest BCUT2D eigenvalue weighted by atomic mass is 10.00. The summed E-state index contributed by atoms with van der Waals surface area (Å²) in [6.07, 6.45) is -1.62. The Balaban J connectivity index is 0.000000192. The lowest BCUT2D eigenvalue weighted by Crippen LogP contribution is -2.36. The molecule has 0 atom stereocenters. The third-order valence-electron chi connectivity index (χ3n) is 4.40. The molecule has 1 amide bonds. The maximum absolute atomic E-state index is 12.3. The van der Waals surface area contributed by atoms with Gasteiger partial charge in [-0.3, -0.25) is 9.78 Å². The molecule has 0 fully saturated rings. The van der Waals surface area contributed by atoms with E-state index in [2.05, 4.69) is 23.2 Å². The van der Waals surface area contributed by atoms with Gasteiger partial charge in [0.15, 0.2) is 0 Å². The van der Waals surface area contributed by atoms with E-state index in [0.29, 0.717) is 12.2 Å². The van der Waals surface area contributed by atoms with Crippen molar-refractivity contribution < 1.29 is 18.0 Å². The molecule has 0 saturated carbocycles. The van der Waals surface area contributed by atoms with Crippen LogP contribution < -0.4 is 0 Å². The fraction of sp³-hybridized carbons (Fsp3) is 0.182. The fourth-order valence-electron chi connectivity index (χ4n) is 2.95. The normalized spacial score (nSPS) is 13.2. The van der Waals surface area contributed by atoms with E-state index in [0.717, 1.165) is 25.1 Å². The van der Waals surface area contributed by atoms with E-state index in [4.69, 9.17) is 0 Å². The van der Waals surface area contributed by atoms with Crippen LogP contribution >= 0.6 is 0 Å². The van der Waals surface area contributed by atoms with Crippen molar-refractivity contribution in [3.8, 4) is 0 Å². The average Bonchev–Trinajstić information content (AvgIpc) is 2.74. The minimum atomic E-state index is -4.21. The summed E-state index contributed by atoms with van der Waals surface area (Å²) in [7, 11) is 0. The van der Waals surface area contributed by atoms with Gasteiger partial charge in [0.1, 0.15) is 5.69 Å². The van der Waals surface area contributed by atoms with Crippen LogP contribution in [0.2, 0.25) is 0 Å². The topological polar surface area (TPSA) is 33.2 Å². The van der Waals surface area contributed by atoms with Crippen LogP contribution in [0.25, 0.3) is 0 Å². The largest absolute Gasteiger partial charge is 0.416 e. The summed E-state index contributed by atoms with van der Waals surface area (Å²) in [6, 6.07) is 20.1. The van der Waals surface area contributed by atoms with Crippen molar-refractivity contribution >= 4 is 5.91 Å². The van der Waals surface area contributed by atoms with Gasteiger partial charge in [0.05, 0.1) is 5.56 Å². The molecular formula is C22H19F3N2O. The second-order valence-electron chi connectivity index (χ2n) is 6.32. The van der Waals surface area contributed by atoms with Crippen molar-refractivity contribution in [2.75, 3.05) is 6.54 Å². The van der Waals surface area contributed by atoms with Crippen LogP contribution in [-0.4, -0.2) is 22.3 Å². The summed E-state index contributed by atoms with van der Waals surface area (Å²) >= 11 is 0. The Kier molecular flexibility index (Phi) is 6.09. The molecule has 0 bridgehead atoms. The maximum atomic E-state index is 12.3. The second kappa shape index (κ2) is 8.69. The zero-order chi connectivity index (χ0) is 20.0. The number of amides is 1. The third kappa shape index (κ3) is 4.97. The van der Waals surface area contributed by atoms with Crippen molar-refractivity contribution in [2.24, 2.45) is 0 Å². The second-order valence-corrected chi connectivity index (χ2v) is 6.32. The number of rotatable bonds is 1. The molecule has 0 unspecified atom stereocenters. The van der Waals surface area contributed by atoms with Gasteiger partial charge in [-0.1, -0.05) is 60.7 Å². The van der Waals surface area contributed by atoms with E-state index in [1.807, 2.05) is 23.1 Å². The van der Waals surface area contributed by atoms with E-state index < -0.39 is 11.7 Å². The van der Waals surface area contributed by atoms with Gasteiger partial charge >= 0.3 is 6.18 Å². The number of nitrogens with zero attached hydrogens (tertiary/aromatic N) is 2. The summed E-state index contributed by atoms with van der Waals surface area (Å²) < 4.78 is 35.4. The number of aromatic nitrogens is 1. The first kappa shape index (κ1) is 19.6. The monoisotopic (exact) mass is 384 g/mol. The fourth-order valence-corrected chi connectivity index (χ4v) is 2.95. The zero-order valence-electron chi connectivity index (χ0n) is 15.1. The SMILES string of the molecule is FC(F)(F)c1ccccc1.O=C(c1ccccn1)N1CCc2ccccc2C1. The van der Waals surface area contributed by atoms with Gasteiger partial charge in [0, 0.05) is 19.3 Å². The van der Waals surface area contributed by atoms with Gasteiger partial charge in [0.2, 0.25) is 0 Å². The molecule has 0 radical (unpaired) electrons. The number of pyridine rings is 1. The summed E-state index contributed by atoms with van der Waals surface area (Å²) in [5.74, 6) is 0.0186. The molecule has 0 N–H and O–H groups in total. The standard InChI is InChI=1S/C15H14N2O.C7H5F3/c18-15(14-7-3-4-9-16-14)17-10-8-12-5-1-2-6-13(12)11-17;8-7(9,10)6-4-2-1-3-5-6/h1-7,9H,8,10-11H2;1-5H. The number of benzene rings is 2. The Hall–Kier alpha value is -3.15. The number of carbonyl (C=O) groups is 1. The maximum Gasteiger partial charge on any atom is 0.416 e. The third-order valence-corrected chi connectivity index (χ3v) is 4.40. The predicted molar refractivity (Wildman–Crippen MR) is 101 cm³/mol. The van der Waals surface area contributed by atoms with Crippen molar-refractivity contribution in [3.63, 3.8) is 0 Å². The number of hydrogen-bond acceptors (Lipinski definition) is 2. The van der Waals surface area contributed by atoms with Crippen molar-refractivity contribution in [2.45, 2.75) is 19.1 Å². The molecule has 28 heavy (non-hydrogen) atoms. The first-order chi connectivity index (χ1) is 13.4. The van der Waals surface area contributed by atoms with Gasteiger partial charge in [0.25, 0.3) is 5.91 Å². The van der Waals surface area contributed by atoms with Gasteiger partial charge in [-0.05, 0) is 29.7 Å². The van der Waals surface area contributed by atoms with Gasteiger partial charge in [-0.15, -0.1) is 0 Å². The Morgan fingerprint density at radius 3 is 2.11 bits per heavy atom. The molecule has 144 valence electrons. The summed E-state index contributed by atoms with van der Waals surface area (Å²) in [5, 5.41) is 0. The molecule has 2 heterocycles. The summed E-state index contributed by atoms with van der Waals surface area (Å²) in [5.41, 5.74) is 2.52. The number of carbonyl (C=O) groups excluding carboxylic acids is 1. The molecule has 0 aliphatic carbocycles. The highest BCUT2D eigenvalue weighted by Gasteiger charge is 2.29. The van der Waals surface area contributed by atoms with Crippen LogP contribution in [0.1, 0.15) is 27.2 Å². The number of alkyl halides is 3. The molecule has 4 rings (SSSR count). The molecule has 3 nitrogen and oxygen atoms in total. The molecule has 2 aromatic carbocycles. The Labute approximate surface area is 161 Å². The summed E-state index contributed by atoms with van der Waals surface area (Å²) in [4.78, 5) is 18.3. The summed E-state index contributed by atoms with van der Waals surface area (Å²) in [6.45, 7) is 1.46. The first-order valence-electron chi connectivity index (χ1n) is 8.84. The molecular weight excluding hydrogens is 365 g/mol. The Bertz CT molecular complexity index is 912. The van der Waals surface area contributed by atoms with Gasteiger partial charge in [-0.25, -0.2) is 0 Å². The van der Waals surface area contributed by atoms with Crippen LogP contribution in [0.4, 0.5) is 13.2 Å². The number of hydrogen-bond donors (Lipinski definition) is 0. The lowest BCUT2D eigenvalue weighted by Gasteiger charge is -2.28. The number of fused-ring (bicyclic) bond motifs is 1. The van der Waals surface area contributed by atoms with E-state index in [-0.39, 0.29) is 5.91 Å². The minimum absolute atomic E-state index is 0.0186. The van der Waals surface area contributed by atoms with E-state index in [9.17, 15) is 18.0 Å². The zero-order valence-corrected chi connectivity index (χ0v) is 15.1. The van der Waals surface area contributed by atoms with Crippen molar-refractivity contribution in [1.82, 2.24) is 9.88 Å². The quantitative estimate of drug-likeness (QED) is 0.593. The van der Waals surface area contributed by atoms with E-state index in [1.165, 1.54) is 23.3 Å². The smallest absolute Gasteiger partial charge is 0.333 e. The van der Waals surface area contributed by atoms with Crippen molar-refractivity contribution in [1.29, 1.82) is 0 Å². The average molecular weight is 384 g/mol. The highest BCUT2D eigenvalue weighted by atomic mass is 19.4. The van der Waals surface area contributed by atoms with Gasteiger partial charge < -0.3 is 4.90 Å². The molecule has 1 aliphatic heterocycles. The van der Waals surface area contributed by atoms with Crippen molar-refractivity contribution in [3.05, 3.63) is 101 Å². The predicted octanol–water partition coefficient (Wildman–Crippen LogP) is 4.99. The molecule has 0 spiro atoms. The molecule has 3 aromatic rings. The number of halogens is 3.